The van der Waals surface area contributed by atoms with Gasteiger partial charge in [-0.05, 0) is 29.6 Å². The molecule has 0 aliphatic rings. The molecule has 2 aromatic heterocycles. The SMILES string of the molecule is COC(=O)c1cc(C(=O)OC)cc(S(=O)(=O)N(C)Cc2nc3ccsc3c(=O)[nH]2)c1. The van der Waals surface area contributed by atoms with E-state index < -0.39 is 22.0 Å². The summed E-state index contributed by atoms with van der Waals surface area (Å²) in [4.78, 5) is 42.5. The number of H-pyrrole nitrogens is 1. The first kappa shape index (κ1) is 21.6. The molecule has 0 unspecified atom stereocenters. The first-order valence-corrected chi connectivity index (χ1v) is 10.7. The van der Waals surface area contributed by atoms with Crippen LogP contribution in [0.2, 0.25) is 0 Å². The molecule has 3 rings (SSSR count). The van der Waals surface area contributed by atoms with E-state index in [1.165, 1.54) is 24.5 Å². The Morgan fingerprint density at radius 1 is 1.13 bits per heavy atom. The fourth-order valence-electron chi connectivity index (χ4n) is 2.69. The lowest BCUT2D eigenvalue weighted by Crippen LogP contribution is -2.29. The van der Waals surface area contributed by atoms with E-state index in [1.807, 2.05) is 0 Å². The molecule has 10 nitrogen and oxygen atoms in total. The summed E-state index contributed by atoms with van der Waals surface area (Å²) in [5.41, 5.74) is -0.154. The summed E-state index contributed by atoms with van der Waals surface area (Å²) in [6.07, 6.45) is 0. The first-order valence-electron chi connectivity index (χ1n) is 8.42. The van der Waals surface area contributed by atoms with Gasteiger partial charge in [0.1, 0.15) is 10.5 Å². The Bertz CT molecular complexity index is 1260. The van der Waals surface area contributed by atoms with E-state index in [-0.39, 0.29) is 34.0 Å². The highest BCUT2D eigenvalue weighted by molar-refractivity contribution is 7.89. The molecule has 0 bridgehead atoms. The summed E-state index contributed by atoms with van der Waals surface area (Å²) in [6, 6.07) is 5.04. The van der Waals surface area contributed by atoms with E-state index in [1.54, 1.807) is 11.4 Å². The number of nitrogens with one attached hydrogen (secondary N) is 1. The van der Waals surface area contributed by atoms with Crippen LogP contribution in [0.25, 0.3) is 10.2 Å². The second-order valence-electron chi connectivity index (χ2n) is 6.14. The fourth-order valence-corrected chi connectivity index (χ4v) is 4.62. The van der Waals surface area contributed by atoms with Crippen molar-refractivity contribution in [2.45, 2.75) is 11.4 Å². The number of hydrogen-bond donors (Lipinski definition) is 1. The largest absolute Gasteiger partial charge is 0.465 e. The van der Waals surface area contributed by atoms with Gasteiger partial charge >= 0.3 is 11.9 Å². The zero-order valence-corrected chi connectivity index (χ0v) is 17.8. The van der Waals surface area contributed by atoms with Crippen molar-refractivity contribution >= 4 is 43.5 Å². The van der Waals surface area contributed by atoms with Gasteiger partial charge in [0.25, 0.3) is 5.56 Å². The predicted octanol–water partition coefficient (Wildman–Crippen LogP) is 1.38. The number of ether oxygens (including phenoxy) is 2. The molecule has 12 heteroatoms. The molecule has 0 fully saturated rings. The maximum Gasteiger partial charge on any atom is 0.337 e. The van der Waals surface area contributed by atoms with Gasteiger partial charge in [-0.2, -0.15) is 4.31 Å². The Morgan fingerprint density at radius 3 is 2.30 bits per heavy atom. The number of methoxy groups -OCH3 is 2. The Labute approximate surface area is 175 Å². The minimum atomic E-state index is -4.16. The number of fused-ring (bicyclic) bond motifs is 1. The van der Waals surface area contributed by atoms with Gasteiger partial charge in [0.15, 0.2) is 0 Å². The molecular formula is C18H17N3O7S2. The number of aromatic amines is 1. The summed E-state index contributed by atoms with van der Waals surface area (Å²) in [6.45, 7) is -0.237. The third-order valence-corrected chi connectivity index (χ3v) is 6.88. The summed E-state index contributed by atoms with van der Waals surface area (Å²) >= 11 is 1.23. The topological polar surface area (TPSA) is 136 Å². The highest BCUT2D eigenvalue weighted by Gasteiger charge is 2.26. The van der Waals surface area contributed by atoms with Gasteiger partial charge in [-0.15, -0.1) is 11.3 Å². The number of benzene rings is 1. The van der Waals surface area contributed by atoms with Crippen LogP contribution in [0.3, 0.4) is 0 Å². The highest BCUT2D eigenvalue weighted by Crippen LogP contribution is 2.21. The Kier molecular flexibility index (Phi) is 6.01. The van der Waals surface area contributed by atoms with Crippen molar-refractivity contribution in [1.82, 2.24) is 14.3 Å². The Morgan fingerprint density at radius 2 is 1.73 bits per heavy atom. The van der Waals surface area contributed by atoms with E-state index in [9.17, 15) is 22.8 Å². The van der Waals surface area contributed by atoms with Crippen molar-refractivity contribution in [2.75, 3.05) is 21.3 Å². The van der Waals surface area contributed by atoms with Crippen molar-refractivity contribution in [1.29, 1.82) is 0 Å². The highest BCUT2D eigenvalue weighted by atomic mass is 32.2. The number of rotatable bonds is 6. The molecule has 1 N–H and O–H groups in total. The molecule has 3 aromatic rings. The van der Waals surface area contributed by atoms with E-state index in [0.717, 1.165) is 30.7 Å². The molecule has 2 heterocycles. The number of esters is 2. The summed E-state index contributed by atoms with van der Waals surface area (Å²) in [7, 11) is -0.603. The van der Waals surface area contributed by atoms with Crippen LogP contribution in [-0.2, 0) is 26.0 Å². The third-order valence-electron chi connectivity index (χ3n) is 4.19. The molecule has 0 aliphatic carbocycles. The smallest absolute Gasteiger partial charge is 0.337 e. The molecule has 0 amide bonds. The van der Waals surface area contributed by atoms with Crippen LogP contribution >= 0.6 is 11.3 Å². The minimum Gasteiger partial charge on any atom is -0.465 e. The van der Waals surface area contributed by atoms with Crippen LogP contribution in [0.4, 0.5) is 0 Å². The Balaban J connectivity index is 2.01. The van der Waals surface area contributed by atoms with Crippen molar-refractivity contribution in [2.24, 2.45) is 0 Å². The number of nitrogens with zero attached hydrogens (tertiary/aromatic N) is 2. The molecule has 0 radical (unpaired) electrons. The molecule has 0 saturated heterocycles. The van der Waals surface area contributed by atoms with E-state index in [0.29, 0.717) is 10.2 Å². The summed E-state index contributed by atoms with van der Waals surface area (Å²) < 4.78 is 36.8. The quantitative estimate of drug-likeness (QED) is 0.555. The van der Waals surface area contributed by atoms with Gasteiger partial charge in [-0.25, -0.2) is 23.0 Å². The average Bonchev–Trinajstić information content (AvgIpc) is 3.21. The summed E-state index contributed by atoms with van der Waals surface area (Å²) in [5, 5.41) is 1.71. The van der Waals surface area contributed by atoms with Gasteiger partial charge < -0.3 is 14.5 Å². The maximum absolute atomic E-state index is 13.1. The number of sulfonamides is 1. The van der Waals surface area contributed by atoms with E-state index in [2.05, 4.69) is 19.4 Å². The summed E-state index contributed by atoms with van der Waals surface area (Å²) in [5.74, 6) is -1.48. The van der Waals surface area contributed by atoms with Crippen LogP contribution in [0.15, 0.2) is 39.3 Å². The average molecular weight is 451 g/mol. The van der Waals surface area contributed by atoms with Gasteiger partial charge in [0.2, 0.25) is 10.0 Å². The molecular weight excluding hydrogens is 434 g/mol. The lowest BCUT2D eigenvalue weighted by atomic mass is 10.1. The zero-order valence-electron chi connectivity index (χ0n) is 16.2. The van der Waals surface area contributed by atoms with Crippen LogP contribution < -0.4 is 5.56 Å². The van der Waals surface area contributed by atoms with Crippen LogP contribution in [0, 0.1) is 0 Å². The van der Waals surface area contributed by atoms with Gasteiger partial charge in [-0.3, -0.25) is 4.79 Å². The van der Waals surface area contributed by atoms with Gasteiger partial charge in [-0.1, -0.05) is 0 Å². The standard InChI is InChI=1S/C18H17N3O7S2/c1-21(9-14-19-13-4-5-29-15(13)16(22)20-14)30(25,26)12-7-10(17(23)27-2)6-11(8-12)18(24)28-3/h4-8H,9H2,1-3H3,(H,19,20,22). The Hall–Kier alpha value is -3.09. The van der Waals surface area contributed by atoms with Crippen molar-refractivity contribution in [3.63, 3.8) is 0 Å². The van der Waals surface area contributed by atoms with E-state index >= 15 is 0 Å². The van der Waals surface area contributed by atoms with Gasteiger partial charge in [0.05, 0.1) is 42.3 Å². The zero-order chi connectivity index (χ0) is 22.1. The number of thiophene rings is 1. The molecule has 158 valence electrons. The minimum absolute atomic E-state index is 0.126. The number of carbonyl (C=O) groups is 2. The second kappa shape index (κ2) is 8.34. The second-order valence-corrected chi connectivity index (χ2v) is 9.10. The van der Waals surface area contributed by atoms with Crippen LogP contribution in [0.5, 0.6) is 0 Å². The fraction of sp³-hybridized carbons (Fsp3) is 0.222. The lowest BCUT2D eigenvalue weighted by Gasteiger charge is -2.17. The van der Waals surface area contributed by atoms with Crippen molar-refractivity contribution in [3.8, 4) is 0 Å². The predicted molar refractivity (Wildman–Crippen MR) is 108 cm³/mol. The molecule has 0 saturated carbocycles. The number of carbonyl (C=O) groups excluding carboxylic acids is 2. The normalized spacial score (nSPS) is 11.6. The lowest BCUT2D eigenvalue weighted by molar-refractivity contribution is 0.0598. The van der Waals surface area contributed by atoms with Crippen molar-refractivity contribution < 1.29 is 27.5 Å². The third kappa shape index (κ3) is 4.10. The van der Waals surface area contributed by atoms with Crippen LogP contribution in [0.1, 0.15) is 26.5 Å². The molecule has 0 atom stereocenters. The van der Waals surface area contributed by atoms with Crippen LogP contribution in [-0.4, -0.2) is 55.9 Å². The molecule has 0 aliphatic heterocycles. The van der Waals surface area contributed by atoms with Crippen molar-refractivity contribution in [3.05, 3.63) is 57.0 Å². The maximum atomic E-state index is 13.1. The first-order chi connectivity index (χ1) is 14.2. The van der Waals surface area contributed by atoms with Gasteiger partial charge in [0, 0.05) is 7.05 Å². The molecule has 0 spiro atoms. The van der Waals surface area contributed by atoms with E-state index in [4.69, 9.17) is 0 Å². The number of hydrogen-bond acceptors (Lipinski definition) is 9. The number of aromatic nitrogens is 2. The molecule has 30 heavy (non-hydrogen) atoms. The monoisotopic (exact) mass is 451 g/mol. The molecule has 1 aromatic carbocycles.